The van der Waals surface area contributed by atoms with Crippen LogP contribution < -0.4 is 0 Å². The summed E-state index contributed by atoms with van der Waals surface area (Å²) in [5.41, 5.74) is -0.572. The average molecular weight is 431 g/mol. The Balaban J connectivity index is 2.90. The first-order valence-corrected chi connectivity index (χ1v) is 12.0. The van der Waals surface area contributed by atoms with Crippen molar-refractivity contribution in [3.05, 3.63) is 12.2 Å². The van der Waals surface area contributed by atoms with Crippen molar-refractivity contribution >= 4 is 20.2 Å². The number of ether oxygens (including phenoxy) is 3. The highest BCUT2D eigenvalue weighted by Gasteiger charge is 2.43. The second-order valence-corrected chi connectivity index (χ2v) is 10.8. The van der Waals surface area contributed by atoms with Crippen LogP contribution in [-0.4, -0.2) is 72.3 Å². The molecule has 1 unspecified atom stereocenters. The molecule has 1 fully saturated rings. The molecule has 27 heavy (non-hydrogen) atoms. The topological polar surface area (TPSA) is 114 Å². The molecule has 1 aliphatic rings. The lowest BCUT2D eigenvalue weighted by atomic mass is 9.98. The molecule has 3 atom stereocenters. The van der Waals surface area contributed by atoms with Gasteiger partial charge in [0.25, 0.3) is 20.2 Å². The van der Waals surface area contributed by atoms with Crippen LogP contribution in [0.4, 0.5) is 0 Å². The van der Waals surface area contributed by atoms with Gasteiger partial charge in [-0.1, -0.05) is 6.58 Å². The fraction of sp³-hybridized carbons (Fsp3) is 0.875. The van der Waals surface area contributed by atoms with Crippen molar-refractivity contribution in [1.29, 1.82) is 0 Å². The van der Waals surface area contributed by atoms with Gasteiger partial charge in [0.2, 0.25) is 0 Å². The van der Waals surface area contributed by atoms with Gasteiger partial charge in [0, 0.05) is 0 Å². The van der Waals surface area contributed by atoms with Gasteiger partial charge in [-0.25, -0.2) is 0 Å². The van der Waals surface area contributed by atoms with Crippen LogP contribution in [0.1, 0.15) is 34.6 Å². The molecule has 0 aromatic heterocycles. The molecule has 0 radical (unpaired) electrons. The zero-order chi connectivity index (χ0) is 21.3. The summed E-state index contributed by atoms with van der Waals surface area (Å²) in [4.78, 5) is 0. The zero-order valence-electron chi connectivity index (χ0n) is 16.8. The lowest BCUT2D eigenvalue weighted by Crippen LogP contribution is -2.56. The Morgan fingerprint density at radius 3 is 2.26 bits per heavy atom. The molecule has 0 amide bonds. The van der Waals surface area contributed by atoms with E-state index in [-0.39, 0.29) is 13.2 Å². The second kappa shape index (κ2) is 8.44. The van der Waals surface area contributed by atoms with Crippen molar-refractivity contribution in [1.82, 2.24) is 0 Å². The summed E-state index contributed by atoms with van der Waals surface area (Å²) in [6.07, 6.45) is -0.360. The predicted molar refractivity (Wildman–Crippen MR) is 99.2 cm³/mol. The van der Waals surface area contributed by atoms with E-state index in [1.165, 1.54) is 0 Å². The van der Waals surface area contributed by atoms with Gasteiger partial charge in [-0.2, -0.15) is 16.8 Å². The minimum absolute atomic E-state index is 0.0109. The molecule has 0 spiro atoms. The van der Waals surface area contributed by atoms with E-state index >= 15 is 0 Å². The van der Waals surface area contributed by atoms with Crippen molar-refractivity contribution < 1.29 is 39.4 Å². The van der Waals surface area contributed by atoms with Crippen LogP contribution in [-0.2, 0) is 42.8 Å². The van der Waals surface area contributed by atoms with Gasteiger partial charge in [-0.15, -0.1) is 0 Å². The Kier molecular flexibility index (Phi) is 7.65. The summed E-state index contributed by atoms with van der Waals surface area (Å²) < 4.78 is 72.6. The molecule has 0 aromatic rings. The lowest BCUT2D eigenvalue weighted by molar-refractivity contribution is -0.319. The van der Waals surface area contributed by atoms with E-state index in [0.717, 1.165) is 12.5 Å². The third kappa shape index (κ3) is 8.55. The van der Waals surface area contributed by atoms with E-state index in [0.29, 0.717) is 5.57 Å². The van der Waals surface area contributed by atoms with Crippen LogP contribution in [0.5, 0.6) is 0 Å². The van der Waals surface area contributed by atoms with Crippen molar-refractivity contribution in [2.45, 2.75) is 64.3 Å². The van der Waals surface area contributed by atoms with E-state index in [2.05, 4.69) is 6.58 Å². The van der Waals surface area contributed by atoms with Gasteiger partial charge in [-0.3, -0.25) is 8.37 Å². The van der Waals surface area contributed by atoms with Gasteiger partial charge < -0.3 is 14.2 Å². The fourth-order valence-electron chi connectivity index (χ4n) is 2.49. The van der Waals surface area contributed by atoms with Crippen LogP contribution in [0.2, 0.25) is 0 Å². The monoisotopic (exact) mass is 430 g/mol. The minimum atomic E-state index is -3.73. The van der Waals surface area contributed by atoms with Crippen molar-refractivity contribution in [2.24, 2.45) is 0 Å². The number of hydrogen-bond donors (Lipinski definition) is 0. The SMILES string of the molecule is C=C(COS(C)(=O)=O)C(C)(C)O[C@@H](C)[C@@H]1OC(C)(C)OCC1OS(C)(=O)=O. The van der Waals surface area contributed by atoms with Crippen LogP contribution >= 0.6 is 0 Å². The van der Waals surface area contributed by atoms with E-state index in [1.807, 2.05) is 0 Å². The van der Waals surface area contributed by atoms with E-state index in [9.17, 15) is 16.8 Å². The summed E-state index contributed by atoms with van der Waals surface area (Å²) in [7, 11) is -7.35. The van der Waals surface area contributed by atoms with Crippen LogP contribution in [0.15, 0.2) is 12.2 Å². The molecule has 9 nitrogen and oxygen atoms in total. The molecular formula is C16H30O9S2. The molecule has 11 heteroatoms. The summed E-state index contributed by atoms with van der Waals surface area (Å²) >= 11 is 0. The Morgan fingerprint density at radius 1 is 1.22 bits per heavy atom. The van der Waals surface area contributed by atoms with Gasteiger partial charge in [0.15, 0.2) is 5.79 Å². The van der Waals surface area contributed by atoms with E-state index in [4.69, 9.17) is 22.6 Å². The normalized spacial score (nSPS) is 25.1. The molecule has 0 saturated carbocycles. The Labute approximate surface area is 162 Å². The van der Waals surface area contributed by atoms with Gasteiger partial charge in [0.05, 0.1) is 37.4 Å². The maximum absolute atomic E-state index is 11.5. The van der Waals surface area contributed by atoms with E-state index < -0.39 is 49.9 Å². The predicted octanol–water partition coefficient (Wildman–Crippen LogP) is 1.20. The van der Waals surface area contributed by atoms with Gasteiger partial charge in [-0.05, 0) is 40.2 Å². The Hall–Kier alpha value is -0.560. The third-order valence-electron chi connectivity index (χ3n) is 3.92. The van der Waals surface area contributed by atoms with Gasteiger partial charge in [0.1, 0.15) is 12.2 Å². The molecule has 1 aliphatic heterocycles. The number of hydrogen-bond acceptors (Lipinski definition) is 9. The average Bonchev–Trinajstić information content (AvgIpc) is 2.43. The molecule has 0 aliphatic carbocycles. The number of rotatable bonds is 9. The standard InChI is InChI=1S/C16H30O9S2/c1-11(9-22-26(7,17)18)15(3,4)23-12(2)14-13(25-27(8,19)20)10-21-16(5,6)24-14/h12-14H,1,9-10H2,2-8H3/t12-,13?,14-/m0/s1. The quantitative estimate of drug-likeness (QED) is 0.393. The molecule has 0 N–H and O–H groups in total. The fourth-order valence-corrected chi connectivity index (χ4v) is 3.46. The second-order valence-electron chi connectivity index (χ2n) is 7.54. The molecule has 1 rings (SSSR count). The first kappa shape index (κ1) is 24.5. The largest absolute Gasteiger partial charge is 0.365 e. The molecule has 0 bridgehead atoms. The molecule has 1 saturated heterocycles. The van der Waals surface area contributed by atoms with E-state index in [1.54, 1.807) is 34.6 Å². The summed E-state index contributed by atoms with van der Waals surface area (Å²) in [5.74, 6) is -0.944. The Bertz CT molecular complexity index is 738. The third-order valence-corrected chi connectivity index (χ3v) is 5.06. The van der Waals surface area contributed by atoms with Crippen molar-refractivity contribution in [2.75, 3.05) is 25.7 Å². The molecule has 160 valence electrons. The van der Waals surface area contributed by atoms with Crippen molar-refractivity contribution in [3.8, 4) is 0 Å². The van der Waals surface area contributed by atoms with Gasteiger partial charge >= 0.3 is 0 Å². The summed E-state index contributed by atoms with van der Waals surface area (Å²) in [6, 6.07) is 0. The summed E-state index contributed by atoms with van der Waals surface area (Å²) in [6.45, 7) is 12.1. The lowest BCUT2D eigenvalue weighted by Gasteiger charge is -2.44. The smallest absolute Gasteiger partial charge is 0.264 e. The van der Waals surface area contributed by atoms with Crippen LogP contribution in [0, 0.1) is 0 Å². The first-order chi connectivity index (χ1) is 11.9. The minimum Gasteiger partial charge on any atom is -0.365 e. The molecule has 0 aromatic carbocycles. The molecule has 1 heterocycles. The maximum atomic E-state index is 11.5. The highest BCUT2D eigenvalue weighted by molar-refractivity contribution is 7.86. The zero-order valence-corrected chi connectivity index (χ0v) is 18.5. The Morgan fingerprint density at radius 2 is 1.78 bits per heavy atom. The van der Waals surface area contributed by atoms with Crippen LogP contribution in [0.25, 0.3) is 0 Å². The maximum Gasteiger partial charge on any atom is 0.264 e. The summed E-state index contributed by atoms with van der Waals surface area (Å²) in [5, 5.41) is 0. The van der Waals surface area contributed by atoms with Crippen LogP contribution in [0.3, 0.4) is 0 Å². The first-order valence-electron chi connectivity index (χ1n) is 8.32. The highest BCUT2D eigenvalue weighted by atomic mass is 32.2. The molecular weight excluding hydrogens is 400 g/mol. The highest BCUT2D eigenvalue weighted by Crippen LogP contribution is 2.31. The van der Waals surface area contributed by atoms with Crippen molar-refractivity contribution in [3.63, 3.8) is 0 Å².